The van der Waals surface area contributed by atoms with Gasteiger partial charge in [0, 0.05) is 41.7 Å². The van der Waals surface area contributed by atoms with Crippen molar-refractivity contribution in [2.75, 3.05) is 0 Å². The maximum Gasteiger partial charge on any atom is 0.0547 e. The van der Waals surface area contributed by atoms with Crippen LogP contribution in [0.1, 0.15) is 12.8 Å². The minimum absolute atomic E-state index is 0.761. The topological polar surface area (TPSA) is 4.93 Å². The molecule has 2 aromatic heterocycles. The Labute approximate surface area is 235 Å². The summed E-state index contributed by atoms with van der Waals surface area (Å²) in [4.78, 5) is 0. The Morgan fingerprint density at radius 3 is 2.00 bits per heavy atom. The first-order chi connectivity index (χ1) is 19.2. The average Bonchev–Trinajstić information content (AvgIpc) is 3.52. The molecule has 0 saturated heterocycles. The van der Waals surface area contributed by atoms with Crippen LogP contribution in [0.4, 0.5) is 0 Å². The SMILES string of the molecule is Clc1cccc(-c2ccc3sc4ccc(-c5ccc6c7ccccc7n(C7=CCCC=C7)c6c5)cc4c3c2)c1. The van der Waals surface area contributed by atoms with Crippen molar-refractivity contribution in [3.63, 3.8) is 0 Å². The molecule has 0 spiro atoms. The standard InChI is InChI=1S/C36H24ClNS/c37-27-8-6-7-23(19-27)24-14-17-35-31(20-24)32-21-25(15-18-36(32)39-35)26-13-16-30-29-11-4-5-12-33(29)38(34(30)22-26)28-9-2-1-3-10-28/h2,4-22H,1,3H2. The maximum atomic E-state index is 6.30. The van der Waals surface area contributed by atoms with E-state index in [1.54, 1.807) is 0 Å². The van der Waals surface area contributed by atoms with Crippen molar-refractivity contribution in [2.24, 2.45) is 0 Å². The van der Waals surface area contributed by atoms with Gasteiger partial charge in [-0.2, -0.15) is 0 Å². The van der Waals surface area contributed by atoms with E-state index in [1.165, 1.54) is 64.4 Å². The number of fused-ring (bicyclic) bond motifs is 6. The highest BCUT2D eigenvalue weighted by Gasteiger charge is 2.15. The second-order valence-electron chi connectivity index (χ2n) is 10.2. The molecule has 0 unspecified atom stereocenters. The highest BCUT2D eigenvalue weighted by Crippen LogP contribution is 2.40. The number of thiophene rings is 1. The zero-order valence-corrected chi connectivity index (χ0v) is 22.8. The van der Waals surface area contributed by atoms with E-state index in [2.05, 4.69) is 108 Å². The van der Waals surface area contributed by atoms with Crippen LogP contribution in [0.5, 0.6) is 0 Å². The van der Waals surface area contributed by atoms with E-state index in [0.29, 0.717) is 0 Å². The van der Waals surface area contributed by atoms with E-state index in [1.807, 2.05) is 29.5 Å². The molecule has 8 rings (SSSR count). The molecular weight excluding hydrogens is 514 g/mol. The van der Waals surface area contributed by atoms with Crippen molar-refractivity contribution in [2.45, 2.75) is 12.8 Å². The monoisotopic (exact) mass is 537 g/mol. The van der Waals surface area contributed by atoms with E-state index in [-0.39, 0.29) is 0 Å². The first-order valence-corrected chi connectivity index (χ1v) is 14.6. The molecule has 0 saturated carbocycles. The Bertz CT molecular complexity index is 2140. The molecule has 3 heteroatoms. The zero-order valence-electron chi connectivity index (χ0n) is 21.2. The molecule has 2 heterocycles. The quantitative estimate of drug-likeness (QED) is 0.211. The Kier molecular flexibility index (Phi) is 5.26. The van der Waals surface area contributed by atoms with Gasteiger partial charge in [-0.25, -0.2) is 0 Å². The Morgan fingerprint density at radius 2 is 1.26 bits per heavy atom. The van der Waals surface area contributed by atoms with Crippen LogP contribution in [-0.4, -0.2) is 4.57 Å². The molecule has 0 atom stereocenters. The summed E-state index contributed by atoms with van der Waals surface area (Å²) < 4.78 is 5.05. The number of para-hydroxylation sites is 1. The fourth-order valence-electron chi connectivity index (χ4n) is 6.00. The summed E-state index contributed by atoms with van der Waals surface area (Å²) >= 11 is 8.15. The third-order valence-corrected chi connectivity index (χ3v) is 9.25. The van der Waals surface area contributed by atoms with Gasteiger partial charge in [-0.15, -0.1) is 11.3 Å². The van der Waals surface area contributed by atoms with Gasteiger partial charge in [-0.3, -0.25) is 0 Å². The van der Waals surface area contributed by atoms with Gasteiger partial charge in [0.2, 0.25) is 0 Å². The van der Waals surface area contributed by atoms with E-state index in [0.717, 1.165) is 23.4 Å². The molecule has 39 heavy (non-hydrogen) atoms. The summed E-state index contributed by atoms with van der Waals surface area (Å²) in [5.41, 5.74) is 8.58. The molecule has 0 fully saturated rings. The van der Waals surface area contributed by atoms with Crippen molar-refractivity contribution in [1.82, 2.24) is 4.57 Å². The number of halogens is 1. The lowest BCUT2D eigenvalue weighted by Gasteiger charge is -2.12. The first-order valence-electron chi connectivity index (χ1n) is 13.4. The molecule has 0 amide bonds. The van der Waals surface area contributed by atoms with Crippen molar-refractivity contribution < 1.29 is 0 Å². The van der Waals surface area contributed by atoms with Crippen molar-refractivity contribution in [3.8, 4) is 22.3 Å². The Morgan fingerprint density at radius 1 is 0.564 bits per heavy atom. The number of nitrogens with zero attached hydrogens (tertiary/aromatic N) is 1. The summed E-state index contributed by atoms with van der Waals surface area (Å²) in [6.45, 7) is 0. The zero-order chi connectivity index (χ0) is 25.9. The fourth-order valence-corrected chi connectivity index (χ4v) is 7.26. The van der Waals surface area contributed by atoms with Gasteiger partial charge < -0.3 is 4.57 Å². The lowest BCUT2D eigenvalue weighted by Crippen LogP contribution is -1.97. The molecule has 1 nitrogen and oxygen atoms in total. The largest absolute Gasteiger partial charge is 0.310 e. The van der Waals surface area contributed by atoms with Crippen LogP contribution in [0, 0.1) is 0 Å². The Hall–Kier alpha value is -4.11. The molecule has 5 aromatic carbocycles. The second kappa shape index (κ2) is 8.98. The summed E-state index contributed by atoms with van der Waals surface area (Å²) in [7, 11) is 0. The van der Waals surface area contributed by atoms with Gasteiger partial charge >= 0.3 is 0 Å². The predicted octanol–water partition coefficient (Wildman–Crippen LogP) is 11.3. The maximum absolute atomic E-state index is 6.30. The highest BCUT2D eigenvalue weighted by molar-refractivity contribution is 7.25. The molecular formula is C36H24ClNS. The predicted molar refractivity (Wildman–Crippen MR) is 171 cm³/mol. The second-order valence-corrected chi connectivity index (χ2v) is 11.7. The smallest absolute Gasteiger partial charge is 0.0547 e. The van der Waals surface area contributed by atoms with E-state index >= 15 is 0 Å². The van der Waals surface area contributed by atoms with Crippen molar-refractivity contribution in [3.05, 3.63) is 126 Å². The molecule has 0 radical (unpaired) electrons. The van der Waals surface area contributed by atoms with Crippen LogP contribution >= 0.6 is 22.9 Å². The van der Waals surface area contributed by atoms with Crippen LogP contribution in [-0.2, 0) is 0 Å². The third kappa shape index (κ3) is 3.75. The third-order valence-electron chi connectivity index (χ3n) is 7.87. The number of aromatic nitrogens is 1. The number of hydrogen-bond acceptors (Lipinski definition) is 1. The van der Waals surface area contributed by atoms with Gasteiger partial charge in [-0.1, -0.05) is 78.4 Å². The van der Waals surface area contributed by atoms with Crippen molar-refractivity contribution >= 4 is 70.6 Å². The first kappa shape index (κ1) is 22.8. The summed E-state index contributed by atoms with van der Waals surface area (Å²) in [6, 6.07) is 37.4. The lowest BCUT2D eigenvalue weighted by atomic mass is 9.99. The molecule has 7 aromatic rings. The van der Waals surface area contributed by atoms with Gasteiger partial charge in [-0.05, 0) is 89.7 Å². The van der Waals surface area contributed by atoms with Gasteiger partial charge in [0.25, 0.3) is 0 Å². The summed E-state index contributed by atoms with van der Waals surface area (Å²) in [5, 5.41) is 5.95. The van der Waals surface area contributed by atoms with E-state index < -0.39 is 0 Å². The molecule has 0 aliphatic heterocycles. The lowest BCUT2D eigenvalue weighted by molar-refractivity contribution is 1.02. The average molecular weight is 538 g/mol. The van der Waals surface area contributed by atoms with Gasteiger partial charge in [0.1, 0.15) is 0 Å². The minimum Gasteiger partial charge on any atom is -0.310 e. The van der Waals surface area contributed by atoms with Gasteiger partial charge in [0.05, 0.1) is 11.0 Å². The molecule has 1 aliphatic rings. The number of hydrogen-bond donors (Lipinski definition) is 0. The van der Waals surface area contributed by atoms with E-state index in [9.17, 15) is 0 Å². The number of allylic oxidation sites excluding steroid dienone is 4. The molecule has 0 bridgehead atoms. The van der Waals surface area contributed by atoms with Crippen LogP contribution in [0.25, 0.3) is 69.9 Å². The van der Waals surface area contributed by atoms with Crippen LogP contribution in [0.15, 0.2) is 121 Å². The number of benzene rings is 5. The van der Waals surface area contributed by atoms with Crippen molar-refractivity contribution in [1.29, 1.82) is 0 Å². The molecule has 1 aliphatic carbocycles. The molecule has 0 N–H and O–H groups in total. The normalized spacial score (nSPS) is 13.6. The van der Waals surface area contributed by atoms with E-state index in [4.69, 9.17) is 11.6 Å². The number of rotatable bonds is 3. The highest BCUT2D eigenvalue weighted by atomic mass is 35.5. The molecule has 186 valence electrons. The fraction of sp³-hybridized carbons (Fsp3) is 0.0556. The Balaban J connectivity index is 1.31. The van der Waals surface area contributed by atoms with Crippen LogP contribution in [0.3, 0.4) is 0 Å². The minimum atomic E-state index is 0.761. The van der Waals surface area contributed by atoms with Crippen LogP contribution < -0.4 is 0 Å². The summed E-state index contributed by atoms with van der Waals surface area (Å²) in [6.07, 6.45) is 9.11. The van der Waals surface area contributed by atoms with Crippen LogP contribution in [0.2, 0.25) is 5.02 Å². The summed E-state index contributed by atoms with van der Waals surface area (Å²) in [5.74, 6) is 0. The van der Waals surface area contributed by atoms with Gasteiger partial charge in [0.15, 0.2) is 0 Å².